The lowest BCUT2D eigenvalue weighted by atomic mass is 10.1. The number of nitrogens with zero attached hydrogens (tertiary/aromatic N) is 3. The Kier molecular flexibility index (Phi) is 5.27. The largest absolute Gasteiger partial charge is 0.497 e. The van der Waals surface area contributed by atoms with E-state index in [0.29, 0.717) is 23.6 Å². The van der Waals surface area contributed by atoms with E-state index < -0.39 is 0 Å². The van der Waals surface area contributed by atoms with Crippen molar-refractivity contribution in [2.24, 2.45) is 7.05 Å². The molecule has 0 spiro atoms. The van der Waals surface area contributed by atoms with Crippen molar-refractivity contribution in [2.75, 3.05) is 12.0 Å². The number of rotatable bonds is 5. The molecule has 0 fully saturated rings. The molecule has 0 radical (unpaired) electrons. The maximum Gasteiger partial charge on any atom is 0.269 e. The molecule has 7 nitrogen and oxygen atoms in total. The Bertz CT molecular complexity index is 1090. The summed E-state index contributed by atoms with van der Waals surface area (Å²) in [5.74, 6) is 0.489. The van der Waals surface area contributed by atoms with Gasteiger partial charge in [0.1, 0.15) is 11.4 Å². The van der Waals surface area contributed by atoms with Crippen molar-refractivity contribution >= 4 is 17.5 Å². The van der Waals surface area contributed by atoms with Crippen LogP contribution in [0.15, 0.2) is 54.7 Å². The van der Waals surface area contributed by atoms with Gasteiger partial charge in [-0.2, -0.15) is 5.10 Å². The summed E-state index contributed by atoms with van der Waals surface area (Å²) < 4.78 is 6.72. The van der Waals surface area contributed by atoms with Gasteiger partial charge in [-0.3, -0.25) is 14.3 Å². The smallest absolute Gasteiger partial charge is 0.269 e. The van der Waals surface area contributed by atoms with Crippen molar-refractivity contribution in [1.29, 1.82) is 0 Å². The summed E-state index contributed by atoms with van der Waals surface area (Å²) in [6.07, 6.45) is 2.40. The molecule has 2 amide bonds. The van der Waals surface area contributed by atoms with Gasteiger partial charge in [0.25, 0.3) is 11.8 Å². The maximum absolute atomic E-state index is 13.2. The zero-order chi connectivity index (χ0) is 21.3. The van der Waals surface area contributed by atoms with Crippen LogP contribution in [0.1, 0.15) is 38.9 Å². The van der Waals surface area contributed by atoms with Crippen LogP contribution >= 0.6 is 0 Å². The highest BCUT2D eigenvalue weighted by Crippen LogP contribution is 2.34. The molecule has 4 rings (SSSR count). The molecule has 30 heavy (non-hydrogen) atoms. The van der Waals surface area contributed by atoms with Crippen LogP contribution in [-0.4, -0.2) is 34.7 Å². The molecule has 154 valence electrons. The molecule has 0 bridgehead atoms. The first kappa shape index (κ1) is 19.7. The molecule has 1 aromatic heterocycles. The van der Waals surface area contributed by atoms with E-state index in [4.69, 9.17) is 4.74 Å². The predicted octanol–water partition coefficient (Wildman–Crippen LogP) is 2.95. The van der Waals surface area contributed by atoms with Gasteiger partial charge in [-0.25, -0.2) is 0 Å². The summed E-state index contributed by atoms with van der Waals surface area (Å²) in [6, 6.07) is 14.9. The average molecular weight is 404 g/mol. The summed E-state index contributed by atoms with van der Waals surface area (Å²) >= 11 is 0. The van der Waals surface area contributed by atoms with E-state index in [2.05, 4.69) is 10.4 Å². The van der Waals surface area contributed by atoms with Crippen LogP contribution in [0, 0.1) is 0 Å². The molecule has 7 heteroatoms. The number of nitrogens with one attached hydrogen (secondary N) is 1. The van der Waals surface area contributed by atoms with Crippen molar-refractivity contribution in [3.63, 3.8) is 0 Å². The van der Waals surface area contributed by atoms with E-state index in [1.165, 1.54) is 4.68 Å². The second-order valence-electron chi connectivity index (χ2n) is 7.44. The van der Waals surface area contributed by atoms with Crippen LogP contribution in [0.4, 0.5) is 5.69 Å². The second-order valence-corrected chi connectivity index (χ2v) is 7.44. The fourth-order valence-corrected chi connectivity index (χ4v) is 3.82. The number of hydrogen-bond donors (Lipinski definition) is 1. The standard InChI is InChI=1S/C23H24N4O3/c1-15-12-18-5-4-16(14-24-22(28)20-10-11-25-26(20)2)13-21(18)27(15)23(29)17-6-8-19(30-3)9-7-17/h4-11,13,15H,12,14H2,1-3H3,(H,24,28). The lowest BCUT2D eigenvalue weighted by Gasteiger charge is -2.23. The Morgan fingerprint density at radius 2 is 1.93 bits per heavy atom. The molecule has 1 N–H and O–H groups in total. The molecule has 3 aromatic rings. The van der Waals surface area contributed by atoms with Gasteiger partial charge in [-0.1, -0.05) is 12.1 Å². The third-order valence-corrected chi connectivity index (χ3v) is 5.43. The third-order valence-electron chi connectivity index (χ3n) is 5.43. The van der Waals surface area contributed by atoms with Crippen molar-refractivity contribution < 1.29 is 14.3 Å². The molecule has 2 aromatic carbocycles. The number of hydrogen-bond acceptors (Lipinski definition) is 4. The van der Waals surface area contributed by atoms with Gasteiger partial charge >= 0.3 is 0 Å². The number of methoxy groups -OCH3 is 1. The summed E-state index contributed by atoms with van der Waals surface area (Å²) in [4.78, 5) is 27.4. The van der Waals surface area contributed by atoms with Crippen LogP contribution in [0.2, 0.25) is 0 Å². The number of aryl methyl sites for hydroxylation is 1. The first-order valence-electron chi connectivity index (χ1n) is 9.83. The molecule has 1 unspecified atom stereocenters. The molecule has 0 saturated carbocycles. The molecule has 0 aliphatic carbocycles. The average Bonchev–Trinajstić information content (AvgIpc) is 3.33. The Labute approximate surface area is 175 Å². The summed E-state index contributed by atoms with van der Waals surface area (Å²) in [5.41, 5.74) is 4.08. The van der Waals surface area contributed by atoms with Crippen molar-refractivity contribution in [1.82, 2.24) is 15.1 Å². The van der Waals surface area contributed by atoms with E-state index in [-0.39, 0.29) is 17.9 Å². The Balaban J connectivity index is 1.53. The van der Waals surface area contributed by atoms with Crippen LogP contribution in [-0.2, 0) is 20.0 Å². The lowest BCUT2D eigenvalue weighted by Crippen LogP contribution is -2.35. The van der Waals surface area contributed by atoms with Crippen LogP contribution < -0.4 is 15.0 Å². The van der Waals surface area contributed by atoms with Gasteiger partial charge in [0.15, 0.2) is 0 Å². The fraction of sp³-hybridized carbons (Fsp3) is 0.261. The SMILES string of the molecule is COc1ccc(C(=O)N2c3cc(CNC(=O)c4ccnn4C)ccc3CC2C)cc1. The number of anilines is 1. The van der Waals surface area contributed by atoms with Crippen molar-refractivity contribution in [2.45, 2.75) is 25.9 Å². The van der Waals surface area contributed by atoms with Gasteiger partial charge in [0.05, 0.1) is 7.11 Å². The first-order chi connectivity index (χ1) is 14.5. The van der Waals surface area contributed by atoms with E-state index in [9.17, 15) is 9.59 Å². The number of amides is 2. The number of carbonyl (C=O) groups is 2. The zero-order valence-corrected chi connectivity index (χ0v) is 17.3. The third kappa shape index (κ3) is 3.66. The molecule has 1 atom stereocenters. The summed E-state index contributed by atoms with van der Waals surface area (Å²) in [5, 5.41) is 6.94. The normalized spacial score (nSPS) is 15.0. The molecule has 2 heterocycles. The van der Waals surface area contributed by atoms with Crippen LogP contribution in [0.3, 0.4) is 0 Å². The maximum atomic E-state index is 13.2. The quantitative estimate of drug-likeness (QED) is 0.709. The highest BCUT2D eigenvalue weighted by Gasteiger charge is 2.31. The van der Waals surface area contributed by atoms with E-state index in [1.807, 2.05) is 30.0 Å². The van der Waals surface area contributed by atoms with Gasteiger partial charge in [-0.05, 0) is 60.9 Å². The predicted molar refractivity (Wildman–Crippen MR) is 114 cm³/mol. The van der Waals surface area contributed by atoms with Crippen molar-refractivity contribution in [3.8, 4) is 5.75 Å². The number of benzene rings is 2. The van der Waals surface area contributed by atoms with Gasteiger partial charge in [0.2, 0.25) is 0 Å². The lowest BCUT2D eigenvalue weighted by molar-refractivity contribution is 0.0939. The van der Waals surface area contributed by atoms with E-state index in [0.717, 1.165) is 23.2 Å². The Hall–Kier alpha value is -3.61. The first-order valence-corrected chi connectivity index (χ1v) is 9.83. The number of ether oxygens (including phenoxy) is 1. The molecule has 1 aliphatic heterocycles. The second kappa shape index (κ2) is 8.02. The van der Waals surface area contributed by atoms with Crippen molar-refractivity contribution in [3.05, 3.63) is 77.1 Å². The fourth-order valence-electron chi connectivity index (χ4n) is 3.82. The Morgan fingerprint density at radius 1 is 1.17 bits per heavy atom. The zero-order valence-electron chi connectivity index (χ0n) is 17.3. The summed E-state index contributed by atoms with van der Waals surface area (Å²) in [7, 11) is 3.33. The number of aromatic nitrogens is 2. The molecule has 0 saturated heterocycles. The van der Waals surface area contributed by atoms with E-state index >= 15 is 0 Å². The van der Waals surface area contributed by atoms with Gasteiger partial charge in [-0.15, -0.1) is 0 Å². The summed E-state index contributed by atoms with van der Waals surface area (Å²) in [6.45, 7) is 2.42. The minimum atomic E-state index is -0.185. The number of fused-ring (bicyclic) bond motifs is 1. The van der Waals surface area contributed by atoms with E-state index in [1.54, 1.807) is 50.7 Å². The topological polar surface area (TPSA) is 76.5 Å². The highest BCUT2D eigenvalue weighted by atomic mass is 16.5. The van der Waals surface area contributed by atoms with Crippen LogP contribution in [0.25, 0.3) is 0 Å². The molecular weight excluding hydrogens is 380 g/mol. The minimum Gasteiger partial charge on any atom is -0.497 e. The van der Waals surface area contributed by atoms with Gasteiger partial charge < -0.3 is 15.0 Å². The molecular formula is C23H24N4O3. The number of carbonyl (C=O) groups excluding carboxylic acids is 2. The van der Waals surface area contributed by atoms with Gasteiger partial charge in [0, 0.05) is 37.1 Å². The Morgan fingerprint density at radius 3 is 2.60 bits per heavy atom. The highest BCUT2D eigenvalue weighted by molar-refractivity contribution is 6.07. The monoisotopic (exact) mass is 404 g/mol. The minimum absolute atomic E-state index is 0.0417. The van der Waals surface area contributed by atoms with Crippen LogP contribution in [0.5, 0.6) is 5.75 Å². The molecule has 1 aliphatic rings.